The molecule has 1 aromatic rings. The number of rotatable bonds is 8. The number of ether oxygens (including phenoxy) is 4. The number of carbonyl (C=O) groups is 1. The molecule has 1 aliphatic heterocycles. The fourth-order valence-corrected chi connectivity index (χ4v) is 2.87. The normalized spacial score (nSPS) is 27.9. The fraction of sp³-hybridized carbons (Fsp3) is 0.611. The zero-order valence-electron chi connectivity index (χ0n) is 15.6. The second-order valence-electron chi connectivity index (χ2n) is 6.16. The maximum absolute atomic E-state index is 11.4. The lowest BCUT2D eigenvalue weighted by molar-refractivity contribution is -0.273. The first kappa shape index (κ1) is 21.4. The fourth-order valence-electron chi connectivity index (χ4n) is 2.87. The summed E-state index contributed by atoms with van der Waals surface area (Å²) >= 11 is 0. The van der Waals surface area contributed by atoms with E-state index in [-0.39, 0.29) is 6.61 Å². The van der Waals surface area contributed by atoms with Gasteiger partial charge in [-0.05, 0) is 24.6 Å². The lowest BCUT2D eigenvalue weighted by atomic mass is 9.97. The lowest BCUT2D eigenvalue weighted by Crippen LogP contribution is -2.64. The molecule has 1 amide bonds. The monoisotopic (exact) mass is 385 g/mol. The quantitative estimate of drug-likeness (QED) is 0.474. The van der Waals surface area contributed by atoms with Crippen LogP contribution in [-0.4, -0.2) is 72.2 Å². The van der Waals surface area contributed by atoms with E-state index in [9.17, 15) is 20.1 Å². The van der Waals surface area contributed by atoms with Gasteiger partial charge in [-0.25, -0.2) is 0 Å². The molecule has 1 aliphatic rings. The summed E-state index contributed by atoms with van der Waals surface area (Å²) in [6, 6.07) is 4.31. The Balaban J connectivity index is 2.11. The second-order valence-corrected chi connectivity index (χ2v) is 6.16. The Kier molecular flexibility index (Phi) is 7.81. The number of methoxy groups -OCH3 is 1. The van der Waals surface area contributed by atoms with Gasteiger partial charge in [0.25, 0.3) is 0 Å². The first-order valence-electron chi connectivity index (χ1n) is 8.72. The minimum Gasteiger partial charge on any atom is -0.493 e. The largest absolute Gasteiger partial charge is 0.493 e. The summed E-state index contributed by atoms with van der Waals surface area (Å²) in [7, 11) is 1.53. The Morgan fingerprint density at radius 2 is 2.00 bits per heavy atom. The van der Waals surface area contributed by atoms with Gasteiger partial charge in [-0.2, -0.15) is 0 Å². The van der Waals surface area contributed by atoms with Crippen LogP contribution in [-0.2, 0) is 20.9 Å². The summed E-state index contributed by atoms with van der Waals surface area (Å²) in [5.74, 6) is 0.742. The number of carbonyl (C=O) groups excluding carboxylic acids is 1. The van der Waals surface area contributed by atoms with Gasteiger partial charge in [0.1, 0.15) is 24.4 Å². The first-order valence-corrected chi connectivity index (χ1v) is 8.72. The molecule has 1 saturated heterocycles. The van der Waals surface area contributed by atoms with Gasteiger partial charge in [0.15, 0.2) is 17.8 Å². The summed E-state index contributed by atoms with van der Waals surface area (Å²) in [5, 5.41) is 32.1. The van der Waals surface area contributed by atoms with Crippen molar-refractivity contribution >= 4 is 5.91 Å². The predicted molar refractivity (Wildman–Crippen MR) is 94.3 cm³/mol. The van der Waals surface area contributed by atoms with Crippen molar-refractivity contribution < 1.29 is 39.1 Å². The smallest absolute Gasteiger partial charge is 0.217 e. The molecule has 27 heavy (non-hydrogen) atoms. The van der Waals surface area contributed by atoms with E-state index in [1.165, 1.54) is 14.0 Å². The highest BCUT2D eigenvalue weighted by Crippen LogP contribution is 2.29. The second kappa shape index (κ2) is 9.86. The van der Waals surface area contributed by atoms with E-state index in [0.717, 1.165) is 5.56 Å². The van der Waals surface area contributed by atoms with E-state index < -0.39 is 43.2 Å². The molecule has 1 heterocycles. The Morgan fingerprint density at radius 1 is 1.26 bits per heavy atom. The molecule has 0 unspecified atom stereocenters. The van der Waals surface area contributed by atoms with Crippen molar-refractivity contribution in [2.45, 2.75) is 51.1 Å². The van der Waals surface area contributed by atoms with Gasteiger partial charge < -0.3 is 39.6 Å². The van der Waals surface area contributed by atoms with Gasteiger partial charge in [-0.1, -0.05) is 6.07 Å². The van der Waals surface area contributed by atoms with E-state index in [1.807, 2.05) is 6.92 Å². The number of aliphatic hydroxyl groups excluding tert-OH is 3. The molecule has 152 valence electrons. The highest BCUT2D eigenvalue weighted by Gasteiger charge is 2.45. The van der Waals surface area contributed by atoms with E-state index >= 15 is 0 Å². The van der Waals surface area contributed by atoms with Gasteiger partial charge >= 0.3 is 0 Å². The Hall–Kier alpha value is -1.91. The summed E-state index contributed by atoms with van der Waals surface area (Å²) in [4.78, 5) is 11.4. The number of hydrogen-bond acceptors (Lipinski definition) is 8. The van der Waals surface area contributed by atoms with Crippen LogP contribution in [0.15, 0.2) is 18.2 Å². The Labute approximate surface area is 157 Å². The van der Waals surface area contributed by atoms with Crippen molar-refractivity contribution in [2.75, 3.05) is 20.3 Å². The minimum absolute atomic E-state index is 0.0878. The van der Waals surface area contributed by atoms with Gasteiger partial charge in [-0.15, -0.1) is 0 Å². The van der Waals surface area contributed by atoms with Crippen LogP contribution < -0.4 is 14.8 Å². The van der Waals surface area contributed by atoms with Gasteiger partial charge in [0.05, 0.1) is 26.9 Å². The van der Waals surface area contributed by atoms with E-state index in [1.54, 1.807) is 18.2 Å². The number of hydrogen-bond donors (Lipinski definition) is 4. The molecule has 0 aromatic heterocycles. The predicted octanol–water partition coefficient (Wildman–Crippen LogP) is -0.446. The topological polar surface area (TPSA) is 127 Å². The molecule has 0 radical (unpaired) electrons. The van der Waals surface area contributed by atoms with Gasteiger partial charge in [0.2, 0.25) is 5.91 Å². The molecule has 1 fully saturated rings. The number of aliphatic hydroxyl groups is 3. The highest BCUT2D eigenvalue weighted by atomic mass is 16.7. The summed E-state index contributed by atoms with van der Waals surface area (Å²) in [6.07, 6.45) is -4.77. The lowest BCUT2D eigenvalue weighted by Gasteiger charge is -2.42. The van der Waals surface area contributed by atoms with E-state index in [4.69, 9.17) is 18.9 Å². The number of amides is 1. The standard InChI is InChI=1S/C18H27NO8/c1-4-25-12-6-5-11(7-13(12)24-3)9-26-18-15(19-10(2)21)17(23)16(22)14(8-20)27-18/h5-7,14-18,20,22-23H,4,8-9H2,1-3H3,(H,19,21)/t14-,15+,16+,17-,18-/m1/s1. The van der Waals surface area contributed by atoms with Crippen molar-refractivity contribution in [1.82, 2.24) is 5.32 Å². The molecule has 9 nitrogen and oxygen atoms in total. The molecule has 0 bridgehead atoms. The number of benzene rings is 1. The van der Waals surface area contributed by atoms with E-state index in [0.29, 0.717) is 18.1 Å². The summed E-state index contributed by atoms with van der Waals surface area (Å²) in [5.41, 5.74) is 0.752. The van der Waals surface area contributed by atoms with Crippen molar-refractivity contribution in [3.63, 3.8) is 0 Å². The summed E-state index contributed by atoms with van der Waals surface area (Å²) in [6.45, 7) is 3.25. The molecule has 0 spiro atoms. The molecule has 0 saturated carbocycles. The molecule has 4 N–H and O–H groups in total. The molecule has 9 heteroatoms. The third-order valence-corrected chi connectivity index (χ3v) is 4.19. The third kappa shape index (κ3) is 5.30. The third-order valence-electron chi connectivity index (χ3n) is 4.19. The molecule has 5 atom stereocenters. The van der Waals surface area contributed by atoms with Crippen molar-refractivity contribution in [1.29, 1.82) is 0 Å². The molecule has 0 aliphatic carbocycles. The van der Waals surface area contributed by atoms with Crippen LogP contribution in [0.4, 0.5) is 0 Å². The van der Waals surface area contributed by atoms with Crippen LogP contribution in [0.2, 0.25) is 0 Å². The Bertz CT molecular complexity index is 625. The summed E-state index contributed by atoms with van der Waals surface area (Å²) < 4.78 is 22.0. The number of nitrogens with one attached hydrogen (secondary N) is 1. The minimum atomic E-state index is -1.35. The zero-order valence-corrected chi connectivity index (χ0v) is 15.6. The van der Waals surface area contributed by atoms with E-state index in [2.05, 4.69) is 5.32 Å². The maximum Gasteiger partial charge on any atom is 0.217 e. The van der Waals surface area contributed by atoms with Crippen LogP contribution in [0.3, 0.4) is 0 Å². The average Bonchev–Trinajstić information content (AvgIpc) is 2.65. The van der Waals surface area contributed by atoms with Crippen LogP contribution in [0.5, 0.6) is 11.5 Å². The maximum atomic E-state index is 11.4. The molecular weight excluding hydrogens is 358 g/mol. The molecular formula is C18H27NO8. The SMILES string of the molecule is CCOc1ccc(CO[C@@H]2O[C@H](CO)[C@H](O)[C@H](O)[C@@H]2NC(C)=O)cc1OC. The van der Waals surface area contributed by atoms with Crippen molar-refractivity contribution in [2.24, 2.45) is 0 Å². The van der Waals surface area contributed by atoms with Crippen LogP contribution in [0.25, 0.3) is 0 Å². The van der Waals surface area contributed by atoms with Crippen molar-refractivity contribution in [3.8, 4) is 11.5 Å². The van der Waals surface area contributed by atoms with Crippen LogP contribution in [0.1, 0.15) is 19.4 Å². The average molecular weight is 385 g/mol. The van der Waals surface area contributed by atoms with Crippen LogP contribution >= 0.6 is 0 Å². The van der Waals surface area contributed by atoms with Gasteiger partial charge in [0, 0.05) is 6.92 Å². The highest BCUT2D eigenvalue weighted by molar-refractivity contribution is 5.73. The van der Waals surface area contributed by atoms with Gasteiger partial charge in [-0.3, -0.25) is 4.79 Å². The Morgan fingerprint density at radius 3 is 2.59 bits per heavy atom. The van der Waals surface area contributed by atoms with Crippen molar-refractivity contribution in [3.05, 3.63) is 23.8 Å². The molecule has 1 aromatic carbocycles. The molecule has 2 rings (SSSR count). The zero-order chi connectivity index (χ0) is 20.0. The van der Waals surface area contributed by atoms with Crippen LogP contribution in [0, 0.1) is 0 Å². The first-order chi connectivity index (χ1) is 12.9.